The summed E-state index contributed by atoms with van der Waals surface area (Å²) in [6.07, 6.45) is 12.1. The highest BCUT2D eigenvalue weighted by atomic mass is 15.2. The lowest BCUT2D eigenvalue weighted by atomic mass is 9.81. The molecule has 0 spiro atoms. The highest BCUT2D eigenvalue weighted by Crippen LogP contribution is 2.44. The second kappa shape index (κ2) is 3.07. The summed E-state index contributed by atoms with van der Waals surface area (Å²) >= 11 is 0. The zero-order chi connectivity index (χ0) is 11.5. The molecular formula is C13H16N4. The van der Waals surface area contributed by atoms with E-state index in [-0.39, 0.29) is 5.54 Å². The predicted octanol–water partition coefficient (Wildman–Crippen LogP) is 1.94. The molecule has 4 heteroatoms. The molecule has 0 saturated heterocycles. The lowest BCUT2D eigenvalue weighted by Gasteiger charge is -2.25. The molecule has 4 rings (SSSR count). The van der Waals surface area contributed by atoms with Crippen molar-refractivity contribution in [3.63, 3.8) is 0 Å². The Morgan fingerprint density at radius 2 is 2.12 bits per heavy atom. The SMILES string of the molecule is NC1(c2cnn3cc(C4CCC4)cnc23)CC1. The summed E-state index contributed by atoms with van der Waals surface area (Å²) in [6.45, 7) is 0. The largest absolute Gasteiger partial charge is 0.321 e. The zero-order valence-electron chi connectivity index (χ0n) is 9.76. The summed E-state index contributed by atoms with van der Waals surface area (Å²) in [6, 6.07) is 0. The summed E-state index contributed by atoms with van der Waals surface area (Å²) in [7, 11) is 0. The average Bonchev–Trinajstić information content (AvgIpc) is 2.86. The van der Waals surface area contributed by atoms with Crippen molar-refractivity contribution in [1.82, 2.24) is 14.6 Å². The Labute approximate surface area is 99.8 Å². The molecule has 2 saturated carbocycles. The molecule has 0 radical (unpaired) electrons. The van der Waals surface area contributed by atoms with Gasteiger partial charge in [0.2, 0.25) is 0 Å². The van der Waals surface area contributed by atoms with Crippen LogP contribution >= 0.6 is 0 Å². The lowest BCUT2D eigenvalue weighted by molar-refractivity contribution is 0.417. The minimum Gasteiger partial charge on any atom is -0.321 e. The third-order valence-electron chi connectivity index (χ3n) is 4.28. The van der Waals surface area contributed by atoms with Gasteiger partial charge >= 0.3 is 0 Å². The summed E-state index contributed by atoms with van der Waals surface area (Å²) in [5.41, 5.74) is 9.44. The zero-order valence-corrected chi connectivity index (χ0v) is 9.76. The molecule has 0 unspecified atom stereocenters. The van der Waals surface area contributed by atoms with Crippen molar-refractivity contribution < 1.29 is 0 Å². The van der Waals surface area contributed by atoms with E-state index in [1.807, 2.05) is 16.9 Å². The quantitative estimate of drug-likeness (QED) is 0.854. The van der Waals surface area contributed by atoms with Crippen molar-refractivity contribution in [2.24, 2.45) is 5.73 Å². The van der Waals surface area contributed by atoms with E-state index in [2.05, 4.69) is 16.3 Å². The second-order valence-corrected chi connectivity index (χ2v) is 5.50. The summed E-state index contributed by atoms with van der Waals surface area (Å²) in [5.74, 6) is 0.701. The molecule has 2 N–H and O–H groups in total. The van der Waals surface area contributed by atoms with Crippen LogP contribution in [-0.4, -0.2) is 14.6 Å². The van der Waals surface area contributed by atoms with E-state index in [0.717, 1.165) is 24.1 Å². The standard InChI is InChI=1S/C13H16N4/c14-13(4-5-13)11-7-16-17-8-10(6-15-12(11)17)9-2-1-3-9/h6-9H,1-5,14H2. The van der Waals surface area contributed by atoms with E-state index in [9.17, 15) is 0 Å². The monoisotopic (exact) mass is 228 g/mol. The minimum absolute atomic E-state index is 0.146. The number of fused-ring (bicyclic) bond motifs is 1. The molecule has 88 valence electrons. The Bertz CT molecular complexity index is 578. The van der Waals surface area contributed by atoms with Gasteiger partial charge in [0.15, 0.2) is 5.65 Å². The first-order valence-electron chi connectivity index (χ1n) is 6.39. The fourth-order valence-corrected chi connectivity index (χ4v) is 2.60. The van der Waals surface area contributed by atoms with Crippen LogP contribution in [-0.2, 0) is 5.54 Å². The van der Waals surface area contributed by atoms with Crippen molar-refractivity contribution in [3.8, 4) is 0 Å². The number of nitrogens with two attached hydrogens (primary N) is 1. The molecule has 2 aliphatic rings. The molecule has 4 nitrogen and oxygen atoms in total. The van der Waals surface area contributed by atoms with Crippen LogP contribution < -0.4 is 5.73 Å². The maximum atomic E-state index is 6.22. The van der Waals surface area contributed by atoms with Crippen LogP contribution in [0.15, 0.2) is 18.6 Å². The van der Waals surface area contributed by atoms with Crippen molar-refractivity contribution in [2.45, 2.75) is 43.6 Å². The van der Waals surface area contributed by atoms with Crippen LogP contribution in [0.5, 0.6) is 0 Å². The Hall–Kier alpha value is -1.42. The number of hydrogen-bond acceptors (Lipinski definition) is 3. The van der Waals surface area contributed by atoms with Gasteiger partial charge in [-0.25, -0.2) is 9.50 Å². The molecule has 2 heterocycles. The first kappa shape index (κ1) is 9.59. The normalized spacial score (nSPS) is 22.6. The maximum absolute atomic E-state index is 6.22. The van der Waals surface area contributed by atoms with Crippen LogP contribution in [0, 0.1) is 0 Å². The molecule has 2 aromatic heterocycles. The minimum atomic E-state index is -0.146. The second-order valence-electron chi connectivity index (χ2n) is 5.50. The molecule has 17 heavy (non-hydrogen) atoms. The van der Waals surface area contributed by atoms with Crippen LogP contribution in [0.1, 0.15) is 49.1 Å². The van der Waals surface area contributed by atoms with Crippen molar-refractivity contribution in [1.29, 1.82) is 0 Å². The Kier molecular flexibility index (Phi) is 1.73. The lowest BCUT2D eigenvalue weighted by Crippen LogP contribution is -2.18. The van der Waals surface area contributed by atoms with Crippen molar-refractivity contribution in [2.75, 3.05) is 0 Å². The van der Waals surface area contributed by atoms with E-state index in [0.29, 0.717) is 5.92 Å². The van der Waals surface area contributed by atoms with Crippen LogP contribution in [0.25, 0.3) is 5.65 Å². The summed E-state index contributed by atoms with van der Waals surface area (Å²) < 4.78 is 1.90. The Morgan fingerprint density at radius 1 is 1.29 bits per heavy atom. The van der Waals surface area contributed by atoms with Crippen molar-refractivity contribution >= 4 is 5.65 Å². The topological polar surface area (TPSA) is 56.2 Å². The van der Waals surface area contributed by atoms with Gasteiger partial charge in [0.05, 0.1) is 6.20 Å². The Balaban J connectivity index is 1.81. The van der Waals surface area contributed by atoms with E-state index in [1.54, 1.807) is 0 Å². The van der Waals surface area contributed by atoms with Gasteiger partial charge in [-0.3, -0.25) is 0 Å². The number of rotatable bonds is 2. The number of aromatic nitrogens is 3. The molecular weight excluding hydrogens is 212 g/mol. The van der Waals surface area contributed by atoms with Gasteiger partial charge in [0.25, 0.3) is 0 Å². The molecule has 2 aliphatic carbocycles. The highest BCUT2D eigenvalue weighted by molar-refractivity contribution is 5.52. The fourth-order valence-electron chi connectivity index (χ4n) is 2.60. The summed E-state index contributed by atoms with van der Waals surface area (Å²) in [4.78, 5) is 4.57. The number of nitrogens with zero attached hydrogens (tertiary/aromatic N) is 3. The molecule has 0 bridgehead atoms. The van der Waals surface area contributed by atoms with Crippen LogP contribution in [0.3, 0.4) is 0 Å². The van der Waals surface area contributed by atoms with Gasteiger partial charge in [-0.1, -0.05) is 6.42 Å². The smallest absolute Gasteiger partial charge is 0.159 e. The van der Waals surface area contributed by atoms with E-state index in [4.69, 9.17) is 5.73 Å². The molecule has 0 aliphatic heterocycles. The molecule has 0 aromatic carbocycles. The van der Waals surface area contributed by atoms with Crippen LogP contribution in [0.2, 0.25) is 0 Å². The van der Waals surface area contributed by atoms with Gasteiger partial charge < -0.3 is 5.73 Å². The van der Waals surface area contributed by atoms with E-state index >= 15 is 0 Å². The van der Waals surface area contributed by atoms with Gasteiger partial charge in [-0.2, -0.15) is 5.10 Å². The van der Waals surface area contributed by atoms with Gasteiger partial charge in [-0.05, 0) is 37.2 Å². The first-order valence-corrected chi connectivity index (χ1v) is 6.39. The fraction of sp³-hybridized carbons (Fsp3) is 0.538. The average molecular weight is 228 g/mol. The van der Waals surface area contributed by atoms with Gasteiger partial charge in [-0.15, -0.1) is 0 Å². The van der Waals surface area contributed by atoms with Crippen LogP contribution in [0.4, 0.5) is 0 Å². The Morgan fingerprint density at radius 3 is 2.76 bits per heavy atom. The number of hydrogen-bond donors (Lipinski definition) is 1. The predicted molar refractivity (Wildman–Crippen MR) is 64.7 cm³/mol. The molecule has 0 atom stereocenters. The molecule has 2 fully saturated rings. The first-order chi connectivity index (χ1) is 8.26. The van der Waals surface area contributed by atoms with E-state index in [1.165, 1.54) is 24.8 Å². The van der Waals surface area contributed by atoms with Gasteiger partial charge in [0.1, 0.15) is 0 Å². The molecule has 2 aromatic rings. The third kappa shape index (κ3) is 1.33. The van der Waals surface area contributed by atoms with E-state index < -0.39 is 0 Å². The third-order valence-corrected chi connectivity index (χ3v) is 4.28. The summed E-state index contributed by atoms with van der Waals surface area (Å²) in [5, 5.41) is 4.40. The molecule has 0 amide bonds. The highest BCUT2D eigenvalue weighted by Gasteiger charge is 2.42. The van der Waals surface area contributed by atoms with Gasteiger partial charge in [0, 0.05) is 23.5 Å². The van der Waals surface area contributed by atoms with Crippen molar-refractivity contribution in [3.05, 3.63) is 29.7 Å². The maximum Gasteiger partial charge on any atom is 0.159 e.